The van der Waals surface area contributed by atoms with Crippen LogP contribution in [0.3, 0.4) is 0 Å². The molecule has 3 heteroatoms. The van der Waals surface area contributed by atoms with E-state index in [0.29, 0.717) is 11.3 Å². The minimum absolute atomic E-state index is 0.206. The van der Waals surface area contributed by atoms with E-state index < -0.39 is 5.97 Å². The molecule has 0 radical (unpaired) electrons. The minimum atomic E-state index is -0.397. The third-order valence-corrected chi connectivity index (χ3v) is 3.01. The van der Waals surface area contributed by atoms with Crippen molar-refractivity contribution in [2.75, 3.05) is 0 Å². The summed E-state index contributed by atoms with van der Waals surface area (Å²) in [6, 6.07) is 19.2. The van der Waals surface area contributed by atoms with Crippen LogP contribution in [-0.2, 0) is 0 Å². The van der Waals surface area contributed by atoms with E-state index in [0.717, 1.165) is 10.8 Å². The Morgan fingerprint density at radius 3 is 2.35 bits per heavy atom. The molecule has 0 bridgehead atoms. The van der Waals surface area contributed by atoms with Gasteiger partial charge in [0.05, 0.1) is 5.56 Å². The van der Waals surface area contributed by atoms with Gasteiger partial charge in [-0.3, -0.25) is 0 Å². The van der Waals surface area contributed by atoms with Gasteiger partial charge in [0.1, 0.15) is 11.5 Å². The number of aromatic hydroxyl groups is 1. The van der Waals surface area contributed by atoms with Crippen molar-refractivity contribution in [2.24, 2.45) is 0 Å². The molecule has 0 aliphatic rings. The Balaban J connectivity index is 1.90. The summed E-state index contributed by atoms with van der Waals surface area (Å²) in [5, 5.41) is 11.2. The SMILES string of the molecule is O=C(Oc1ccccc1)c1ccc2cc(O)ccc2c1. The third kappa shape index (κ3) is 2.47. The number of hydrogen-bond acceptors (Lipinski definition) is 3. The molecule has 3 aromatic rings. The summed E-state index contributed by atoms with van der Waals surface area (Å²) in [6.07, 6.45) is 0. The lowest BCUT2D eigenvalue weighted by Crippen LogP contribution is -2.08. The average molecular weight is 264 g/mol. The Hall–Kier alpha value is -2.81. The van der Waals surface area contributed by atoms with Gasteiger partial charge >= 0.3 is 5.97 Å². The number of hydrogen-bond donors (Lipinski definition) is 1. The number of carbonyl (C=O) groups excluding carboxylic acids is 1. The molecule has 0 spiro atoms. The van der Waals surface area contributed by atoms with Crippen LogP contribution in [0.1, 0.15) is 10.4 Å². The summed E-state index contributed by atoms with van der Waals surface area (Å²) in [5.41, 5.74) is 0.479. The highest BCUT2D eigenvalue weighted by Crippen LogP contribution is 2.22. The molecule has 0 saturated heterocycles. The fourth-order valence-corrected chi connectivity index (χ4v) is 2.01. The molecule has 0 aliphatic heterocycles. The van der Waals surface area contributed by atoms with E-state index in [9.17, 15) is 9.90 Å². The molecule has 3 aromatic carbocycles. The van der Waals surface area contributed by atoms with Crippen LogP contribution in [0.25, 0.3) is 10.8 Å². The van der Waals surface area contributed by atoms with E-state index in [1.165, 1.54) is 0 Å². The molecule has 0 fully saturated rings. The second kappa shape index (κ2) is 5.05. The molecule has 3 nitrogen and oxygen atoms in total. The number of phenols is 1. The Labute approximate surface area is 116 Å². The number of esters is 1. The van der Waals surface area contributed by atoms with E-state index >= 15 is 0 Å². The van der Waals surface area contributed by atoms with Crippen molar-refractivity contribution in [3.8, 4) is 11.5 Å². The van der Waals surface area contributed by atoms with Crippen LogP contribution in [0.15, 0.2) is 66.7 Å². The van der Waals surface area contributed by atoms with Crippen LogP contribution < -0.4 is 4.74 Å². The topological polar surface area (TPSA) is 46.5 Å². The standard InChI is InChI=1S/C17H12O3/c18-15-9-8-12-10-14(7-6-13(12)11-15)17(19)20-16-4-2-1-3-5-16/h1-11,18H. The normalized spacial score (nSPS) is 10.4. The number of rotatable bonds is 2. The van der Waals surface area contributed by atoms with E-state index in [1.807, 2.05) is 18.2 Å². The first-order valence-corrected chi connectivity index (χ1v) is 6.22. The number of phenolic OH excluding ortho intramolecular Hbond substituents is 1. The summed E-state index contributed by atoms with van der Waals surface area (Å²) in [6.45, 7) is 0. The zero-order valence-electron chi connectivity index (χ0n) is 10.6. The van der Waals surface area contributed by atoms with E-state index in [1.54, 1.807) is 48.5 Å². The Morgan fingerprint density at radius 1 is 0.850 bits per heavy atom. The molecule has 0 aromatic heterocycles. The molecule has 0 heterocycles. The lowest BCUT2D eigenvalue weighted by Gasteiger charge is -2.05. The minimum Gasteiger partial charge on any atom is -0.508 e. The second-order valence-electron chi connectivity index (χ2n) is 4.45. The van der Waals surface area contributed by atoms with Crippen LogP contribution in [0.2, 0.25) is 0 Å². The van der Waals surface area contributed by atoms with Crippen molar-refractivity contribution in [3.63, 3.8) is 0 Å². The van der Waals surface area contributed by atoms with Crippen molar-refractivity contribution in [1.29, 1.82) is 0 Å². The lowest BCUT2D eigenvalue weighted by atomic mass is 10.1. The van der Waals surface area contributed by atoms with Crippen LogP contribution in [-0.4, -0.2) is 11.1 Å². The van der Waals surface area contributed by atoms with Crippen LogP contribution >= 0.6 is 0 Å². The monoisotopic (exact) mass is 264 g/mol. The van der Waals surface area contributed by atoms with Gasteiger partial charge in [-0.15, -0.1) is 0 Å². The predicted molar refractivity (Wildman–Crippen MR) is 77.0 cm³/mol. The van der Waals surface area contributed by atoms with Gasteiger partial charge in [-0.2, -0.15) is 0 Å². The molecule has 98 valence electrons. The summed E-state index contributed by atoms with van der Waals surface area (Å²) in [4.78, 5) is 12.1. The Morgan fingerprint density at radius 2 is 1.55 bits per heavy atom. The largest absolute Gasteiger partial charge is 0.508 e. The van der Waals surface area contributed by atoms with Crippen molar-refractivity contribution in [2.45, 2.75) is 0 Å². The summed E-state index contributed by atoms with van der Waals surface area (Å²) >= 11 is 0. The average Bonchev–Trinajstić information content (AvgIpc) is 2.47. The van der Waals surface area contributed by atoms with E-state index in [2.05, 4.69) is 0 Å². The third-order valence-electron chi connectivity index (χ3n) is 3.01. The van der Waals surface area contributed by atoms with Crippen LogP contribution in [0.5, 0.6) is 11.5 Å². The smallest absolute Gasteiger partial charge is 0.343 e. The van der Waals surface area contributed by atoms with Gasteiger partial charge in [-0.05, 0) is 47.2 Å². The quantitative estimate of drug-likeness (QED) is 0.566. The lowest BCUT2D eigenvalue weighted by molar-refractivity contribution is 0.0735. The van der Waals surface area contributed by atoms with Gasteiger partial charge in [0, 0.05) is 0 Å². The molecular formula is C17H12O3. The first kappa shape index (κ1) is 12.2. The number of carbonyl (C=O) groups is 1. The van der Waals surface area contributed by atoms with Crippen molar-refractivity contribution < 1.29 is 14.6 Å². The maximum absolute atomic E-state index is 12.1. The molecule has 0 atom stereocenters. The number of fused-ring (bicyclic) bond motifs is 1. The van der Waals surface area contributed by atoms with Crippen LogP contribution in [0.4, 0.5) is 0 Å². The molecular weight excluding hydrogens is 252 g/mol. The molecule has 0 saturated carbocycles. The summed E-state index contributed by atoms with van der Waals surface area (Å²) in [5.74, 6) is 0.326. The molecule has 20 heavy (non-hydrogen) atoms. The zero-order chi connectivity index (χ0) is 13.9. The van der Waals surface area contributed by atoms with Gasteiger partial charge in [0.2, 0.25) is 0 Å². The van der Waals surface area contributed by atoms with Gasteiger partial charge < -0.3 is 9.84 Å². The van der Waals surface area contributed by atoms with Crippen LogP contribution in [0, 0.1) is 0 Å². The molecule has 0 aliphatic carbocycles. The summed E-state index contributed by atoms with van der Waals surface area (Å²) in [7, 11) is 0. The highest BCUT2D eigenvalue weighted by Gasteiger charge is 2.09. The molecule has 0 amide bonds. The molecule has 1 N–H and O–H groups in total. The Kier molecular flexibility index (Phi) is 3.09. The highest BCUT2D eigenvalue weighted by atomic mass is 16.5. The first-order valence-electron chi connectivity index (χ1n) is 6.22. The van der Waals surface area contributed by atoms with Crippen molar-refractivity contribution >= 4 is 16.7 Å². The number of ether oxygens (including phenoxy) is 1. The maximum Gasteiger partial charge on any atom is 0.343 e. The summed E-state index contributed by atoms with van der Waals surface area (Å²) < 4.78 is 5.28. The number of benzene rings is 3. The van der Waals surface area contributed by atoms with Crippen molar-refractivity contribution in [1.82, 2.24) is 0 Å². The second-order valence-corrected chi connectivity index (χ2v) is 4.45. The fourth-order valence-electron chi connectivity index (χ4n) is 2.01. The predicted octanol–water partition coefficient (Wildman–Crippen LogP) is 3.76. The van der Waals surface area contributed by atoms with Crippen molar-refractivity contribution in [3.05, 3.63) is 72.3 Å². The van der Waals surface area contributed by atoms with E-state index in [4.69, 9.17) is 4.74 Å². The number of para-hydroxylation sites is 1. The maximum atomic E-state index is 12.1. The first-order chi connectivity index (χ1) is 9.72. The highest BCUT2D eigenvalue weighted by molar-refractivity contribution is 5.96. The van der Waals surface area contributed by atoms with Gasteiger partial charge in [-0.1, -0.05) is 30.3 Å². The molecule has 0 unspecified atom stereocenters. The van der Waals surface area contributed by atoms with Gasteiger partial charge in [0.15, 0.2) is 0 Å². The molecule has 3 rings (SSSR count). The van der Waals surface area contributed by atoms with E-state index in [-0.39, 0.29) is 5.75 Å². The Bertz CT molecular complexity index is 764. The fraction of sp³-hybridized carbons (Fsp3) is 0. The zero-order valence-corrected chi connectivity index (χ0v) is 10.6. The van der Waals surface area contributed by atoms with Gasteiger partial charge in [0.25, 0.3) is 0 Å². The van der Waals surface area contributed by atoms with Gasteiger partial charge in [-0.25, -0.2) is 4.79 Å².